The molecule has 0 fully saturated rings. The Bertz CT molecular complexity index is 2110. The third-order valence-corrected chi connectivity index (χ3v) is 7.98. The van der Waals surface area contributed by atoms with E-state index in [1.165, 1.54) is 30.3 Å². The molecule has 17 heteroatoms. The van der Waals surface area contributed by atoms with Crippen molar-refractivity contribution in [3.63, 3.8) is 0 Å². The fourth-order valence-electron chi connectivity index (χ4n) is 4.09. The van der Waals surface area contributed by atoms with Gasteiger partial charge in [-0.3, -0.25) is 9.11 Å². The van der Waals surface area contributed by atoms with Gasteiger partial charge >= 0.3 is 0 Å². The molecule has 0 saturated carbocycles. The lowest BCUT2D eigenvalue weighted by molar-refractivity contribution is 0.472. The molecular weight excluding hydrogens is 622 g/mol. The predicted octanol–water partition coefficient (Wildman–Crippen LogP) is 5.80. The summed E-state index contributed by atoms with van der Waals surface area (Å²) < 4.78 is 67.5. The summed E-state index contributed by atoms with van der Waals surface area (Å²) in [6, 6.07) is 19.8. The highest BCUT2D eigenvalue weighted by Crippen LogP contribution is 2.45. The molecule has 0 atom stereocenters. The monoisotopic (exact) mass is 641 g/mol. The second kappa shape index (κ2) is 11.5. The van der Waals surface area contributed by atoms with Crippen LogP contribution in [0.5, 0.6) is 5.75 Å². The number of phenols is 1. The molecule has 0 unspecified atom stereocenters. The van der Waals surface area contributed by atoms with Crippen molar-refractivity contribution in [1.82, 2.24) is 15.0 Å². The normalized spacial score (nSPS) is 12.1. The van der Waals surface area contributed by atoms with Gasteiger partial charge in [0.1, 0.15) is 21.2 Å². The number of rotatable bonds is 8. The molecule has 43 heavy (non-hydrogen) atoms. The van der Waals surface area contributed by atoms with Crippen molar-refractivity contribution < 1.29 is 31.0 Å². The topological polar surface area (TPSA) is 208 Å². The number of aromatic hydroxyl groups is 1. The average molecular weight is 642 g/mol. The van der Waals surface area contributed by atoms with Crippen molar-refractivity contribution in [3.05, 3.63) is 84.1 Å². The second-order valence-electron chi connectivity index (χ2n) is 8.84. The van der Waals surface area contributed by atoms with E-state index in [0.717, 1.165) is 17.8 Å². The molecule has 5 rings (SSSR count). The van der Waals surface area contributed by atoms with Crippen LogP contribution in [0.3, 0.4) is 0 Å². The Morgan fingerprint density at radius 1 is 0.814 bits per heavy atom. The summed E-state index contributed by atoms with van der Waals surface area (Å²) in [4.78, 5) is 12.9. The summed E-state index contributed by atoms with van der Waals surface area (Å²) in [6.45, 7) is 0. The smallest absolute Gasteiger partial charge is 0.296 e. The Morgan fingerprint density at radius 2 is 1.49 bits per heavy atom. The van der Waals surface area contributed by atoms with E-state index in [-0.39, 0.29) is 39.3 Å². The molecule has 0 aliphatic heterocycles. The number of hydrogen-bond acceptors (Lipinski definition) is 12. The number of halogens is 1. The van der Waals surface area contributed by atoms with Crippen LogP contribution in [0.2, 0.25) is 5.28 Å². The van der Waals surface area contributed by atoms with Gasteiger partial charge in [0, 0.05) is 18.1 Å². The average Bonchev–Trinajstić information content (AvgIpc) is 2.95. The van der Waals surface area contributed by atoms with E-state index in [9.17, 15) is 31.0 Å². The van der Waals surface area contributed by atoms with E-state index in [4.69, 9.17) is 11.6 Å². The first-order chi connectivity index (χ1) is 20.3. The highest BCUT2D eigenvalue weighted by molar-refractivity contribution is 7.86. The number of nitrogens with zero attached hydrogens (tertiary/aromatic N) is 6. The summed E-state index contributed by atoms with van der Waals surface area (Å²) in [5.41, 5.74) is -0.108. The standard InChI is InChI=1S/C26H20ClN7O7S2/c1-34(16-9-3-2-4-10-16)26-30-24(27)29-25(31-26)28-18-12-7-8-15-14-20(43(39,40)41)22(23(35)21(15)18)33-32-17-11-5-6-13-19(17)42(36,37)38/h2-14,35H,1H3,(H,36,37,38)(H,39,40,41)(H,28,29,30,31)/b33-32+. The van der Waals surface area contributed by atoms with Crippen LogP contribution in [0.25, 0.3) is 10.8 Å². The van der Waals surface area contributed by atoms with Crippen LogP contribution >= 0.6 is 11.6 Å². The molecule has 0 amide bonds. The van der Waals surface area contributed by atoms with Gasteiger partial charge in [-0.1, -0.05) is 42.5 Å². The van der Waals surface area contributed by atoms with E-state index in [0.29, 0.717) is 0 Å². The molecule has 1 heterocycles. The molecule has 0 bridgehead atoms. The van der Waals surface area contributed by atoms with Crippen molar-refractivity contribution in [3.8, 4) is 5.75 Å². The largest absolute Gasteiger partial charge is 0.505 e. The Kier molecular flexibility index (Phi) is 7.96. The highest BCUT2D eigenvalue weighted by Gasteiger charge is 2.24. The minimum atomic E-state index is -4.97. The van der Waals surface area contributed by atoms with E-state index in [1.807, 2.05) is 30.3 Å². The van der Waals surface area contributed by atoms with Crippen LogP contribution in [0.4, 0.5) is 34.6 Å². The van der Waals surface area contributed by atoms with Crippen molar-refractivity contribution in [2.75, 3.05) is 17.3 Å². The zero-order chi connectivity index (χ0) is 30.9. The number of para-hydroxylation sites is 1. The number of benzene rings is 4. The number of anilines is 4. The SMILES string of the molecule is CN(c1ccccc1)c1nc(Cl)nc(Nc2cccc3cc(S(=O)(=O)O)c(/N=N/c4ccccc4S(=O)(=O)O)c(O)c23)n1. The number of azo groups is 1. The Balaban J connectivity index is 1.64. The van der Waals surface area contributed by atoms with Crippen molar-refractivity contribution in [1.29, 1.82) is 0 Å². The van der Waals surface area contributed by atoms with E-state index >= 15 is 0 Å². The molecule has 14 nitrogen and oxygen atoms in total. The zero-order valence-electron chi connectivity index (χ0n) is 21.9. The molecule has 220 valence electrons. The number of hydrogen-bond donors (Lipinski definition) is 4. The second-order valence-corrected chi connectivity index (χ2v) is 12.0. The molecule has 4 aromatic carbocycles. The maximum Gasteiger partial charge on any atom is 0.296 e. The summed E-state index contributed by atoms with van der Waals surface area (Å²) in [5, 5.41) is 21.8. The Labute approximate surface area is 249 Å². The van der Waals surface area contributed by atoms with Gasteiger partial charge in [0.05, 0.1) is 5.69 Å². The van der Waals surface area contributed by atoms with Gasteiger partial charge in [-0.2, -0.15) is 31.8 Å². The molecule has 4 N–H and O–H groups in total. The van der Waals surface area contributed by atoms with Crippen LogP contribution < -0.4 is 10.2 Å². The first-order valence-corrected chi connectivity index (χ1v) is 15.3. The van der Waals surface area contributed by atoms with E-state index < -0.39 is 41.5 Å². The van der Waals surface area contributed by atoms with Crippen LogP contribution in [-0.4, -0.2) is 53.0 Å². The quantitative estimate of drug-likeness (QED) is 0.117. The minimum Gasteiger partial charge on any atom is -0.505 e. The van der Waals surface area contributed by atoms with Crippen molar-refractivity contribution in [2.24, 2.45) is 10.2 Å². The van der Waals surface area contributed by atoms with Gasteiger partial charge in [-0.15, -0.1) is 10.2 Å². The number of phenolic OH excluding ortho intramolecular Hbond substituents is 1. The summed E-state index contributed by atoms with van der Waals surface area (Å²) in [6.07, 6.45) is 0. The van der Waals surface area contributed by atoms with Crippen LogP contribution in [0.1, 0.15) is 0 Å². The van der Waals surface area contributed by atoms with Crippen LogP contribution in [-0.2, 0) is 20.2 Å². The maximum absolute atomic E-state index is 12.3. The lowest BCUT2D eigenvalue weighted by Gasteiger charge is -2.18. The third-order valence-electron chi connectivity index (χ3n) is 6.04. The maximum atomic E-state index is 12.3. The Morgan fingerprint density at radius 3 is 2.19 bits per heavy atom. The van der Waals surface area contributed by atoms with Gasteiger partial charge < -0.3 is 15.3 Å². The zero-order valence-corrected chi connectivity index (χ0v) is 24.2. The first-order valence-electron chi connectivity index (χ1n) is 12.0. The predicted molar refractivity (Wildman–Crippen MR) is 158 cm³/mol. The van der Waals surface area contributed by atoms with Gasteiger partial charge in [-0.05, 0) is 53.4 Å². The molecular formula is C26H20ClN7O7S2. The van der Waals surface area contributed by atoms with Crippen molar-refractivity contribution >= 4 is 77.3 Å². The van der Waals surface area contributed by atoms with Gasteiger partial charge in [0.15, 0.2) is 5.75 Å². The number of aromatic nitrogens is 3. The summed E-state index contributed by atoms with van der Waals surface area (Å²) in [7, 11) is -7.96. The lowest BCUT2D eigenvalue weighted by atomic mass is 10.1. The van der Waals surface area contributed by atoms with Crippen molar-refractivity contribution in [2.45, 2.75) is 9.79 Å². The Hall–Kier alpha value is -4.74. The molecule has 5 aromatic rings. The van der Waals surface area contributed by atoms with Crippen LogP contribution in [0.15, 0.2) is 98.9 Å². The molecule has 0 spiro atoms. The highest BCUT2D eigenvalue weighted by atomic mass is 35.5. The molecule has 0 saturated heterocycles. The molecule has 0 aliphatic rings. The van der Waals surface area contributed by atoms with Gasteiger partial charge in [0.2, 0.25) is 17.2 Å². The number of nitrogens with one attached hydrogen (secondary N) is 1. The summed E-state index contributed by atoms with van der Waals surface area (Å²) in [5.74, 6) is -0.560. The fourth-order valence-corrected chi connectivity index (χ4v) is 5.53. The van der Waals surface area contributed by atoms with E-state index in [1.54, 1.807) is 18.0 Å². The van der Waals surface area contributed by atoms with Crippen LogP contribution in [0, 0.1) is 0 Å². The molecule has 0 aliphatic carbocycles. The molecule has 1 aromatic heterocycles. The third kappa shape index (κ3) is 6.37. The van der Waals surface area contributed by atoms with Gasteiger partial charge in [0.25, 0.3) is 20.2 Å². The molecule has 0 radical (unpaired) electrons. The van der Waals surface area contributed by atoms with Gasteiger partial charge in [-0.25, -0.2) is 0 Å². The first kappa shape index (κ1) is 29.7. The minimum absolute atomic E-state index is 0.0196. The lowest BCUT2D eigenvalue weighted by Crippen LogP contribution is -2.14. The van der Waals surface area contributed by atoms with E-state index in [2.05, 4.69) is 30.5 Å². The summed E-state index contributed by atoms with van der Waals surface area (Å²) >= 11 is 6.18. The fraction of sp³-hybridized carbons (Fsp3) is 0.0385. The number of fused-ring (bicyclic) bond motifs is 1.